The lowest BCUT2D eigenvalue weighted by atomic mass is 10.4. The first-order chi connectivity index (χ1) is 6.56. The van der Waals surface area contributed by atoms with E-state index in [9.17, 15) is 4.79 Å². The first kappa shape index (κ1) is 10.2. The number of ether oxygens (including phenoxy) is 1. The summed E-state index contributed by atoms with van der Waals surface area (Å²) in [4.78, 5) is 11.3. The fourth-order valence-electron chi connectivity index (χ4n) is 1.03. The summed E-state index contributed by atoms with van der Waals surface area (Å²) < 4.78 is 5.83. The molecular weight excluding hydrogens is 184 g/mol. The van der Waals surface area contributed by atoms with Gasteiger partial charge in [0.15, 0.2) is 5.69 Å². The Morgan fingerprint density at radius 1 is 1.79 bits per heavy atom. The molecule has 6 heteroatoms. The SMILES string of the molecule is CCOC(=O)c1cc(C)nn1C(=N)N. The summed E-state index contributed by atoms with van der Waals surface area (Å²) >= 11 is 0. The normalized spacial score (nSPS) is 9.86. The second-order valence-corrected chi connectivity index (χ2v) is 2.69. The van der Waals surface area contributed by atoms with Crippen molar-refractivity contribution in [3.63, 3.8) is 0 Å². The van der Waals surface area contributed by atoms with E-state index in [1.165, 1.54) is 6.07 Å². The molecule has 1 rings (SSSR count). The average molecular weight is 196 g/mol. The molecule has 3 N–H and O–H groups in total. The molecule has 0 saturated heterocycles. The highest BCUT2D eigenvalue weighted by Crippen LogP contribution is 2.04. The molecule has 0 fully saturated rings. The molecule has 0 spiro atoms. The molecule has 0 aliphatic rings. The lowest BCUT2D eigenvalue weighted by Gasteiger charge is -2.03. The number of esters is 1. The maximum Gasteiger partial charge on any atom is 0.357 e. The van der Waals surface area contributed by atoms with Crippen LogP contribution < -0.4 is 5.73 Å². The summed E-state index contributed by atoms with van der Waals surface area (Å²) in [6.07, 6.45) is 0. The number of nitrogens with two attached hydrogens (primary N) is 1. The standard InChI is InChI=1S/C8H12N4O2/c1-3-14-7(13)6-4-5(2)11-12(6)8(9)10/h4H,3H2,1-2H3,(H3,9,10). The number of nitrogens with zero attached hydrogens (tertiary/aromatic N) is 2. The Balaban J connectivity index is 3.06. The van der Waals surface area contributed by atoms with E-state index < -0.39 is 5.97 Å². The Kier molecular flexibility index (Phi) is 2.85. The molecule has 0 unspecified atom stereocenters. The van der Waals surface area contributed by atoms with Gasteiger partial charge in [-0.25, -0.2) is 4.79 Å². The predicted octanol–water partition coefficient (Wildman–Crippen LogP) is 0.110. The third-order valence-corrected chi connectivity index (χ3v) is 1.54. The number of hydrogen-bond donors (Lipinski definition) is 2. The number of rotatable bonds is 2. The van der Waals surface area contributed by atoms with Crippen LogP contribution >= 0.6 is 0 Å². The molecular formula is C8H12N4O2. The molecule has 0 radical (unpaired) electrons. The van der Waals surface area contributed by atoms with Gasteiger partial charge in [-0.05, 0) is 19.9 Å². The largest absolute Gasteiger partial charge is 0.461 e. The summed E-state index contributed by atoms with van der Waals surface area (Å²) in [6, 6.07) is 1.53. The van der Waals surface area contributed by atoms with Crippen molar-refractivity contribution in [1.29, 1.82) is 5.41 Å². The minimum absolute atomic E-state index is 0.178. The van der Waals surface area contributed by atoms with E-state index in [1.54, 1.807) is 13.8 Å². The summed E-state index contributed by atoms with van der Waals surface area (Å²) in [5.74, 6) is -0.829. The van der Waals surface area contributed by atoms with Crippen LogP contribution in [0.1, 0.15) is 23.1 Å². The van der Waals surface area contributed by atoms with Gasteiger partial charge in [0.2, 0.25) is 5.96 Å². The molecule has 0 aliphatic carbocycles. The van der Waals surface area contributed by atoms with Gasteiger partial charge in [0, 0.05) is 0 Å². The van der Waals surface area contributed by atoms with E-state index in [2.05, 4.69) is 5.10 Å². The van der Waals surface area contributed by atoms with E-state index in [-0.39, 0.29) is 18.3 Å². The zero-order valence-corrected chi connectivity index (χ0v) is 8.07. The van der Waals surface area contributed by atoms with Gasteiger partial charge >= 0.3 is 5.97 Å². The Labute approximate surface area is 81.2 Å². The summed E-state index contributed by atoms with van der Waals surface area (Å²) in [7, 11) is 0. The van der Waals surface area contributed by atoms with Crippen LogP contribution in [0.15, 0.2) is 6.07 Å². The van der Waals surface area contributed by atoms with Gasteiger partial charge in [-0.2, -0.15) is 9.78 Å². The molecule has 0 saturated carbocycles. The van der Waals surface area contributed by atoms with Crippen LogP contribution in [0, 0.1) is 12.3 Å². The molecule has 1 aromatic heterocycles. The van der Waals surface area contributed by atoms with Crippen LogP contribution in [-0.4, -0.2) is 28.3 Å². The van der Waals surface area contributed by atoms with Gasteiger partial charge in [0.25, 0.3) is 0 Å². The molecule has 0 amide bonds. The quantitative estimate of drug-likeness (QED) is 0.398. The van der Waals surface area contributed by atoms with Crippen molar-refractivity contribution in [2.75, 3.05) is 6.61 Å². The van der Waals surface area contributed by atoms with Crippen LogP contribution in [0.25, 0.3) is 0 Å². The van der Waals surface area contributed by atoms with Crippen LogP contribution in [0.4, 0.5) is 0 Å². The van der Waals surface area contributed by atoms with Crippen molar-refractivity contribution in [1.82, 2.24) is 9.78 Å². The average Bonchev–Trinajstić information content (AvgIpc) is 2.48. The van der Waals surface area contributed by atoms with Crippen LogP contribution in [0.3, 0.4) is 0 Å². The predicted molar refractivity (Wildman–Crippen MR) is 50.2 cm³/mol. The Morgan fingerprint density at radius 3 is 2.93 bits per heavy atom. The maximum atomic E-state index is 11.3. The van der Waals surface area contributed by atoms with Crippen LogP contribution in [0.5, 0.6) is 0 Å². The van der Waals surface area contributed by atoms with Crippen molar-refractivity contribution in [2.45, 2.75) is 13.8 Å². The van der Waals surface area contributed by atoms with E-state index in [0.717, 1.165) is 4.68 Å². The lowest BCUT2D eigenvalue weighted by Crippen LogP contribution is -2.26. The van der Waals surface area contributed by atoms with Gasteiger partial charge in [0.05, 0.1) is 12.3 Å². The van der Waals surface area contributed by atoms with E-state index >= 15 is 0 Å². The molecule has 0 aromatic carbocycles. The molecule has 0 aliphatic heterocycles. The number of hydrogen-bond acceptors (Lipinski definition) is 4. The number of nitrogen functional groups attached to an aromatic ring is 1. The number of aryl methyl sites for hydroxylation is 1. The number of nitrogens with one attached hydrogen (secondary N) is 1. The maximum absolute atomic E-state index is 11.3. The number of aromatic nitrogens is 2. The second-order valence-electron chi connectivity index (χ2n) is 2.69. The van der Waals surface area contributed by atoms with Crippen LogP contribution in [-0.2, 0) is 4.74 Å². The zero-order chi connectivity index (χ0) is 10.7. The summed E-state index contributed by atoms with van der Waals surface area (Å²) in [5, 5.41) is 11.1. The third kappa shape index (κ3) is 1.90. The van der Waals surface area contributed by atoms with Gasteiger partial charge in [-0.1, -0.05) is 0 Å². The monoisotopic (exact) mass is 196 g/mol. The fraction of sp³-hybridized carbons (Fsp3) is 0.375. The van der Waals surface area contributed by atoms with E-state index in [0.29, 0.717) is 5.69 Å². The van der Waals surface area contributed by atoms with Crippen molar-refractivity contribution in [3.05, 3.63) is 17.5 Å². The highest BCUT2D eigenvalue weighted by atomic mass is 16.5. The lowest BCUT2D eigenvalue weighted by molar-refractivity contribution is 0.0516. The van der Waals surface area contributed by atoms with Crippen molar-refractivity contribution in [3.8, 4) is 0 Å². The fourth-order valence-corrected chi connectivity index (χ4v) is 1.03. The zero-order valence-electron chi connectivity index (χ0n) is 8.07. The number of carbonyl (C=O) groups excluding carboxylic acids is 1. The van der Waals surface area contributed by atoms with Crippen molar-refractivity contribution < 1.29 is 9.53 Å². The van der Waals surface area contributed by atoms with Gasteiger partial charge in [-0.3, -0.25) is 5.41 Å². The second kappa shape index (κ2) is 3.91. The first-order valence-corrected chi connectivity index (χ1v) is 4.14. The Morgan fingerprint density at radius 2 is 2.43 bits per heavy atom. The van der Waals surface area contributed by atoms with Crippen LogP contribution in [0.2, 0.25) is 0 Å². The van der Waals surface area contributed by atoms with Crippen molar-refractivity contribution >= 4 is 11.9 Å². The molecule has 6 nitrogen and oxygen atoms in total. The number of carbonyl (C=O) groups is 1. The van der Waals surface area contributed by atoms with Crippen molar-refractivity contribution in [2.24, 2.45) is 5.73 Å². The smallest absolute Gasteiger partial charge is 0.357 e. The Hall–Kier alpha value is -1.85. The minimum Gasteiger partial charge on any atom is -0.461 e. The molecule has 76 valence electrons. The van der Waals surface area contributed by atoms with E-state index in [4.69, 9.17) is 15.9 Å². The molecule has 0 bridgehead atoms. The summed E-state index contributed by atoms with van der Waals surface area (Å²) in [5.41, 5.74) is 6.03. The first-order valence-electron chi connectivity index (χ1n) is 4.14. The molecule has 14 heavy (non-hydrogen) atoms. The Bertz CT molecular complexity index is 369. The minimum atomic E-state index is -0.525. The van der Waals surface area contributed by atoms with Gasteiger partial charge in [-0.15, -0.1) is 0 Å². The molecule has 1 heterocycles. The van der Waals surface area contributed by atoms with Gasteiger partial charge in [0.1, 0.15) is 0 Å². The third-order valence-electron chi connectivity index (χ3n) is 1.54. The van der Waals surface area contributed by atoms with Gasteiger partial charge < -0.3 is 10.5 Å². The van der Waals surface area contributed by atoms with E-state index in [1.807, 2.05) is 0 Å². The summed E-state index contributed by atoms with van der Waals surface area (Å²) in [6.45, 7) is 3.70. The molecule has 1 aromatic rings. The highest BCUT2D eigenvalue weighted by Gasteiger charge is 2.16. The topological polar surface area (TPSA) is 94.0 Å². The molecule has 0 atom stereocenters. The highest BCUT2D eigenvalue weighted by molar-refractivity contribution is 5.92.